The van der Waals surface area contributed by atoms with Gasteiger partial charge in [0, 0.05) is 13.1 Å². The molecule has 2 aliphatic rings. The molecule has 1 unspecified atom stereocenters. The summed E-state index contributed by atoms with van der Waals surface area (Å²) in [6.45, 7) is 2.72. The van der Waals surface area contributed by atoms with Gasteiger partial charge in [-0.1, -0.05) is 6.92 Å². The molecule has 0 aromatic carbocycles. The number of carbonyl (C=O) groups is 1. The van der Waals surface area contributed by atoms with E-state index in [-0.39, 0.29) is 5.41 Å². The molecule has 1 saturated heterocycles. The van der Waals surface area contributed by atoms with E-state index in [9.17, 15) is 13.2 Å². The molecule has 7 heteroatoms. The molecule has 1 saturated carbocycles. The summed E-state index contributed by atoms with van der Waals surface area (Å²) in [7, 11) is -3.67. The van der Waals surface area contributed by atoms with Crippen LogP contribution in [0.3, 0.4) is 0 Å². The van der Waals surface area contributed by atoms with Gasteiger partial charge in [-0.2, -0.15) is 12.7 Å². The quantitative estimate of drug-likeness (QED) is 0.768. The lowest BCUT2D eigenvalue weighted by Gasteiger charge is -2.32. The van der Waals surface area contributed by atoms with E-state index in [0.717, 1.165) is 30.0 Å². The Morgan fingerprint density at radius 2 is 2.11 bits per heavy atom. The predicted octanol–water partition coefficient (Wildman–Crippen LogP) is 0.560. The van der Waals surface area contributed by atoms with Crippen LogP contribution in [0.1, 0.15) is 39.0 Å². The third-order valence-corrected chi connectivity index (χ3v) is 5.40. The van der Waals surface area contributed by atoms with Crippen molar-refractivity contribution in [3.05, 3.63) is 0 Å². The van der Waals surface area contributed by atoms with Gasteiger partial charge in [-0.25, -0.2) is 4.72 Å². The van der Waals surface area contributed by atoms with Gasteiger partial charge < -0.3 is 5.11 Å². The Kier molecular flexibility index (Phi) is 3.66. The highest BCUT2D eigenvalue weighted by molar-refractivity contribution is 7.87. The summed E-state index contributed by atoms with van der Waals surface area (Å²) >= 11 is 0. The standard InChI is InChI=1S/C11H20N2O4S/c1-11(5-6-11)8-12-18(16,17)13-7-3-2-4-9(13)10(14)15/h9,12H,2-8H2,1H3,(H,14,15). The minimum atomic E-state index is -3.67. The highest BCUT2D eigenvalue weighted by Gasteiger charge is 2.41. The summed E-state index contributed by atoms with van der Waals surface area (Å²) < 4.78 is 27.9. The number of nitrogens with one attached hydrogen (secondary N) is 1. The van der Waals surface area contributed by atoms with E-state index in [0.29, 0.717) is 19.5 Å². The number of carboxylic acid groups (broad SMARTS) is 1. The molecule has 0 bridgehead atoms. The van der Waals surface area contributed by atoms with Crippen molar-refractivity contribution in [1.29, 1.82) is 0 Å². The number of piperidine rings is 1. The van der Waals surface area contributed by atoms with E-state index in [1.54, 1.807) is 0 Å². The lowest BCUT2D eigenvalue weighted by molar-refractivity contribution is -0.142. The number of nitrogens with zero attached hydrogens (tertiary/aromatic N) is 1. The van der Waals surface area contributed by atoms with Gasteiger partial charge in [-0.15, -0.1) is 0 Å². The molecule has 1 aliphatic heterocycles. The van der Waals surface area contributed by atoms with Crippen LogP contribution in [0, 0.1) is 5.41 Å². The van der Waals surface area contributed by atoms with Crippen molar-refractivity contribution in [3.8, 4) is 0 Å². The lowest BCUT2D eigenvalue weighted by atomic mass is 10.1. The minimum Gasteiger partial charge on any atom is -0.480 e. The Bertz CT molecular complexity index is 430. The Labute approximate surface area is 108 Å². The number of hydrogen-bond donors (Lipinski definition) is 2. The fourth-order valence-corrected chi connectivity index (χ4v) is 3.77. The van der Waals surface area contributed by atoms with Gasteiger partial charge in [0.05, 0.1) is 0 Å². The first-order valence-corrected chi connectivity index (χ1v) is 7.77. The van der Waals surface area contributed by atoms with Crippen LogP contribution in [-0.2, 0) is 15.0 Å². The topological polar surface area (TPSA) is 86.7 Å². The molecule has 2 rings (SSSR count). The van der Waals surface area contributed by atoms with E-state index in [2.05, 4.69) is 4.72 Å². The molecule has 0 aromatic rings. The Hall–Kier alpha value is -0.660. The highest BCUT2D eigenvalue weighted by Crippen LogP contribution is 2.44. The van der Waals surface area contributed by atoms with Gasteiger partial charge in [-0.3, -0.25) is 4.79 Å². The highest BCUT2D eigenvalue weighted by atomic mass is 32.2. The first-order chi connectivity index (χ1) is 8.34. The van der Waals surface area contributed by atoms with Gasteiger partial charge in [0.25, 0.3) is 10.2 Å². The van der Waals surface area contributed by atoms with Crippen molar-refractivity contribution in [2.45, 2.75) is 45.1 Å². The fraction of sp³-hybridized carbons (Fsp3) is 0.909. The maximum Gasteiger partial charge on any atom is 0.322 e. The average molecular weight is 276 g/mol. The van der Waals surface area contributed by atoms with Crippen molar-refractivity contribution < 1.29 is 18.3 Å². The zero-order valence-electron chi connectivity index (χ0n) is 10.6. The second-order valence-electron chi connectivity index (χ2n) is 5.60. The molecule has 0 aromatic heterocycles. The van der Waals surface area contributed by atoms with Crippen LogP contribution < -0.4 is 4.72 Å². The Balaban J connectivity index is 2.04. The molecule has 1 atom stereocenters. The van der Waals surface area contributed by atoms with E-state index in [1.165, 1.54) is 0 Å². The van der Waals surface area contributed by atoms with E-state index in [4.69, 9.17) is 5.11 Å². The second kappa shape index (κ2) is 4.79. The fourth-order valence-electron chi connectivity index (χ4n) is 2.18. The summed E-state index contributed by atoms with van der Waals surface area (Å²) in [4.78, 5) is 11.1. The largest absolute Gasteiger partial charge is 0.480 e. The zero-order valence-corrected chi connectivity index (χ0v) is 11.4. The number of hydrogen-bond acceptors (Lipinski definition) is 3. The van der Waals surface area contributed by atoms with Crippen molar-refractivity contribution in [3.63, 3.8) is 0 Å². The molecule has 18 heavy (non-hydrogen) atoms. The first-order valence-electron chi connectivity index (χ1n) is 6.33. The molecular formula is C11H20N2O4S. The molecule has 1 heterocycles. The predicted molar refractivity (Wildman–Crippen MR) is 66.2 cm³/mol. The van der Waals surface area contributed by atoms with Crippen LogP contribution in [-0.4, -0.2) is 42.9 Å². The smallest absolute Gasteiger partial charge is 0.322 e. The second-order valence-corrected chi connectivity index (χ2v) is 7.31. The first kappa shape index (κ1) is 13.8. The molecule has 2 N–H and O–H groups in total. The minimum absolute atomic E-state index is 0.0710. The monoisotopic (exact) mass is 276 g/mol. The Morgan fingerprint density at radius 1 is 1.44 bits per heavy atom. The van der Waals surface area contributed by atoms with E-state index >= 15 is 0 Å². The SMILES string of the molecule is CC1(CNS(=O)(=O)N2CCCCC2C(=O)O)CC1. The van der Waals surface area contributed by atoms with Gasteiger partial charge in [-0.05, 0) is 37.5 Å². The van der Waals surface area contributed by atoms with Crippen LogP contribution in [0.25, 0.3) is 0 Å². The molecule has 1 aliphatic carbocycles. The molecule has 2 fully saturated rings. The average Bonchev–Trinajstić information content (AvgIpc) is 3.06. The van der Waals surface area contributed by atoms with Gasteiger partial charge in [0.2, 0.25) is 0 Å². The summed E-state index contributed by atoms with van der Waals surface area (Å²) in [5.74, 6) is -1.06. The normalized spacial score (nSPS) is 27.9. The van der Waals surface area contributed by atoms with E-state index in [1.807, 2.05) is 6.92 Å². The van der Waals surface area contributed by atoms with Crippen LogP contribution >= 0.6 is 0 Å². The molecular weight excluding hydrogens is 256 g/mol. The van der Waals surface area contributed by atoms with Gasteiger partial charge in [0.15, 0.2) is 0 Å². The third kappa shape index (κ3) is 3.02. The van der Waals surface area contributed by atoms with Crippen LogP contribution in [0.15, 0.2) is 0 Å². The summed E-state index contributed by atoms with van der Waals surface area (Å²) in [5, 5.41) is 9.08. The third-order valence-electron chi connectivity index (χ3n) is 3.83. The number of aliphatic carboxylic acids is 1. The summed E-state index contributed by atoms with van der Waals surface area (Å²) in [6, 6.07) is -0.914. The van der Waals surface area contributed by atoms with Crippen molar-refractivity contribution >= 4 is 16.2 Å². The molecule has 0 radical (unpaired) electrons. The van der Waals surface area contributed by atoms with Crippen molar-refractivity contribution in [1.82, 2.24) is 9.03 Å². The Morgan fingerprint density at radius 3 is 2.67 bits per heavy atom. The van der Waals surface area contributed by atoms with Gasteiger partial charge >= 0.3 is 5.97 Å². The van der Waals surface area contributed by atoms with Crippen LogP contribution in [0.4, 0.5) is 0 Å². The van der Waals surface area contributed by atoms with E-state index < -0.39 is 22.2 Å². The van der Waals surface area contributed by atoms with Crippen molar-refractivity contribution in [2.75, 3.05) is 13.1 Å². The lowest BCUT2D eigenvalue weighted by Crippen LogP contribution is -2.52. The van der Waals surface area contributed by atoms with Gasteiger partial charge in [0.1, 0.15) is 6.04 Å². The molecule has 0 amide bonds. The molecule has 0 spiro atoms. The summed E-state index contributed by atoms with van der Waals surface area (Å²) in [5.41, 5.74) is 0.0710. The van der Waals surface area contributed by atoms with Crippen molar-refractivity contribution in [2.24, 2.45) is 5.41 Å². The number of carboxylic acids is 1. The number of rotatable bonds is 5. The summed E-state index contributed by atoms with van der Waals surface area (Å²) in [6.07, 6.45) is 3.94. The molecule has 6 nitrogen and oxygen atoms in total. The molecule has 104 valence electrons. The maximum atomic E-state index is 12.1. The maximum absolute atomic E-state index is 12.1. The van der Waals surface area contributed by atoms with Crippen LogP contribution in [0.2, 0.25) is 0 Å². The zero-order chi connectivity index (χ0) is 13.4. The van der Waals surface area contributed by atoms with Crippen LogP contribution in [0.5, 0.6) is 0 Å².